The first-order valence-electron chi connectivity index (χ1n) is 19.2. The summed E-state index contributed by atoms with van der Waals surface area (Å²) in [5.74, 6) is -0.808. The number of ether oxygens (including phenoxy) is 1. The van der Waals surface area contributed by atoms with Crippen LogP contribution in [0.15, 0.2) is 23.8 Å². The number of aromatic nitrogens is 8. The number of phosphoric acid groups is 2. The van der Waals surface area contributed by atoms with Crippen molar-refractivity contribution in [1.29, 1.82) is 0 Å². The number of H-pyrrole nitrogens is 1. The molecule has 3 aliphatic rings. The first-order chi connectivity index (χ1) is 27.2. The summed E-state index contributed by atoms with van der Waals surface area (Å²) < 4.78 is 75.6. The van der Waals surface area contributed by atoms with Gasteiger partial charge in [-0.15, -0.1) is 0 Å². The monoisotopic (exact) mass is 900 g/mol. The molecule has 1 saturated carbocycles. The molecule has 2 aliphatic heterocycles. The molecule has 2 saturated heterocycles. The summed E-state index contributed by atoms with van der Waals surface area (Å²) in [4.78, 5) is 59.7. The Morgan fingerprint density at radius 2 is 1.39 bits per heavy atom. The minimum Gasteiger partial charge on any atom is -0.411 e. The standard InChI is InChI=1S/C33H54N10O12P2Si2/c1-32(2,3)58(7,8)54-22-17-11-18(42-15-39-21-28(42)40-31(35)41-29(21)44)23(22)52-57(47,48)50-13-19-24(53-56(45,46)49-12-17)25(55-59(9,10)33(4,5)6)30(51-19)43-16-38-20-26(34)36-14-37-27(20)43/h14-19,22-25,30H,11-13H2,1-10H3,(H,45,46)(H,47,48)(H2,34,36,37)(H3,35,40,41,44)/t17-,18-,19-,22-,23+,24-,25-,30-/m1/s1. The molecule has 10 atom stereocenters. The average molecular weight is 901 g/mol. The molecule has 7 rings (SSSR count). The highest BCUT2D eigenvalue weighted by atomic mass is 31.2. The summed E-state index contributed by atoms with van der Waals surface area (Å²) in [6.07, 6.45) is -3.10. The molecule has 22 nitrogen and oxygen atoms in total. The van der Waals surface area contributed by atoms with E-state index in [-0.39, 0.29) is 50.6 Å². The van der Waals surface area contributed by atoms with Crippen LogP contribution in [0.4, 0.5) is 11.8 Å². The Morgan fingerprint density at radius 1 is 0.814 bits per heavy atom. The normalized spacial score (nSPS) is 32.8. The summed E-state index contributed by atoms with van der Waals surface area (Å²) in [7, 11) is -15.5. The maximum Gasteiger partial charge on any atom is 0.472 e. The van der Waals surface area contributed by atoms with Gasteiger partial charge in [-0.3, -0.25) is 32.4 Å². The van der Waals surface area contributed by atoms with Gasteiger partial charge in [0.2, 0.25) is 5.95 Å². The lowest BCUT2D eigenvalue weighted by Crippen LogP contribution is -2.49. The fourth-order valence-electron chi connectivity index (χ4n) is 7.11. The van der Waals surface area contributed by atoms with E-state index in [4.69, 9.17) is 43.2 Å². The van der Waals surface area contributed by atoms with Gasteiger partial charge in [0.25, 0.3) is 5.56 Å². The average Bonchev–Trinajstić information content (AvgIpc) is 3.86. The van der Waals surface area contributed by atoms with Crippen molar-refractivity contribution in [3.05, 3.63) is 29.3 Å². The van der Waals surface area contributed by atoms with Crippen LogP contribution in [-0.2, 0) is 40.8 Å². The number of nitrogens with one attached hydrogen (secondary N) is 1. The van der Waals surface area contributed by atoms with Crippen LogP contribution in [0, 0.1) is 5.92 Å². The molecule has 326 valence electrons. The van der Waals surface area contributed by atoms with Gasteiger partial charge in [0.15, 0.2) is 45.5 Å². The van der Waals surface area contributed by atoms with E-state index >= 15 is 0 Å². The summed E-state index contributed by atoms with van der Waals surface area (Å²) >= 11 is 0. The predicted octanol–water partition coefficient (Wildman–Crippen LogP) is 4.38. The quantitative estimate of drug-likeness (QED) is 0.132. The molecular formula is C33H54N10O12P2Si2. The Hall–Kier alpha value is -2.97. The van der Waals surface area contributed by atoms with E-state index in [1.165, 1.54) is 28.1 Å². The van der Waals surface area contributed by atoms with Crippen molar-refractivity contribution in [2.24, 2.45) is 5.92 Å². The number of hydrogen-bond donors (Lipinski definition) is 5. The molecule has 2 bridgehead atoms. The van der Waals surface area contributed by atoms with Crippen molar-refractivity contribution in [3.63, 3.8) is 0 Å². The highest BCUT2D eigenvalue weighted by Gasteiger charge is 2.57. The van der Waals surface area contributed by atoms with E-state index in [0.717, 1.165) is 0 Å². The zero-order valence-electron chi connectivity index (χ0n) is 34.6. The van der Waals surface area contributed by atoms with Gasteiger partial charge in [0.05, 0.1) is 38.0 Å². The minimum absolute atomic E-state index is 0.0288. The van der Waals surface area contributed by atoms with Crippen LogP contribution in [0.5, 0.6) is 0 Å². The Bertz CT molecular complexity index is 2380. The van der Waals surface area contributed by atoms with Gasteiger partial charge >= 0.3 is 15.6 Å². The smallest absolute Gasteiger partial charge is 0.411 e. The number of nitrogens with two attached hydrogens (primary N) is 2. The number of aromatic amines is 1. The van der Waals surface area contributed by atoms with Crippen molar-refractivity contribution >= 4 is 66.4 Å². The zero-order valence-corrected chi connectivity index (χ0v) is 38.4. The van der Waals surface area contributed by atoms with Crippen LogP contribution in [0.25, 0.3) is 22.3 Å². The van der Waals surface area contributed by atoms with Gasteiger partial charge in [0.1, 0.15) is 36.3 Å². The minimum atomic E-state index is -5.06. The summed E-state index contributed by atoms with van der Waals surface area (Å²) in [6, 6.07) is -0.880. The third kappa shape index (κ3) is 8.49. The van der Waals surface area contributed by atoms with Gasteiger partial charge < -0.3 is 39.4 Å². The van der Waals surface area contributed by atoms with E-state index < -0.39 is 99.8 Å². The largest absolute Gasteiger partial charge is 0.472 e. The lowest BCUT2D eigenvalue weighted by atomic mass is 10.1. The lowest BCUT2D eigenvalue weighted by Gasteiger charge is -2.41. The second-order valence-corrected chi connectivity index (χ2v) is 30.7. The molecule has 4 aromatic heterocycles. The van der Waals surface area contributed by atoms with E-state index in [1.807, 2.05) is 67.7 Å². The van der Waals surface area contributed by atoms with Crippen LogP contribution >= 0.6 is 15.6 Å². The van der Waals surface area contributed by atoms with Crippen molar-refractivity contribution in [2.45, 2.75) is 127 Å². The molecule has 4 aromatic rings. The lowest BCUT2D eigenvalue weighted by molar-refractivity contribution is -0.0536. The molecule has 0 spiro atoms. The third-order valence-corrected chi connectivity index (χ3v) is 23.2. The topological polar surface area (TPSA) is 298 Å². The van der Waals surface area contributed by atoms with Crippen LogP contribution in [0.2, 0.25) is 36.3 Å². The summed E-state index contributed by atoms with van der Waals surface area (Å²) in [5, 5.41) is -0.691. The molecule has 0 amide bonds. The third-order valence-electron chi connectivity index (χ3n) is 12.3. The van der Waals surface area contributed by atoms with Crippen molar-refractivity contribution in [1.82, 2.24) is 39.0 Å². The number of phosphoric ester groups is 2. The number of rotatable bonds is 6. The highest BCUT2D eigenvalue weighted by Crippen LogP contribution is 2.57. The summed E-state index contributed by atoms with van der Waals surface area (Å²) in [6.45, 7) is 19.0. The molecule has 6 heterocycles. The molecule has 7 N–H and O–H groups in total. The first kappa shape index (κ1) is 44.1. The Kier molecular flexibility index (Phi) is 11.3. The molecule has 26 heteroatoms. The van der Waals surface area contributed by atoms with Gasteiger partial charge in [-0.05, 0) is 42.7 Å². The Labute approximate surface area is 342 Å². The first-order valence-corrected chi connectivity index (χ1v) is 28.0. The van der Waals surface area contributed by atoms with Crippen molar-refractivity contribution in [2.75, 3.05) is 24.7 Å². The Balaban J connectivity index is 1.31. The van der Waals surface area contributed by atoms with Crippen LogP contribution in [0.1, 0.15) is 60.2 Å². The van der Waals surface area contributed by atoms with Crippen LogP contribution in [0.3, 0.4) is 0 Å². The van der Waals surface area contributed by atoms with Gasteiger partial charge in [-0.25, -0.2) is 29.1 Å². The van der Waals surface area contributed by atoms with E-state index in [2.05, 4.69) is 29.9 Å². The van der Waals surface area contributed by atoms with E-state index in [9.17, 15) is 23.7 Å². The van der Waals surface area contributed by atoms with Gasteiger partial charge in [-0.2, -0.15) is 4.98 Å². The molecule has 1 aliphatic carbocycles. The number of hydrogen-bond acceptors (Lipinski definition) is 17. The van der Waals surface area contributed by atoms with Crippen LogP contribution < -0.4 is 17.0 Å². The predicted molar refractivity (Wildman–Crippen MR) is 219 cm³/mol. The number of imidazole rings is 2. The van der Waals surface area contributed by atoms with E-state index in [1.54, 1.807) is 0 Å². The van der Waals surface area contributed by atoms with Crippen molar-refractivity contribution in [3.8, 4) is 0 Å². The zero-order chi connectivity index (χ0) is 43.2. The van der Waals surface area contributed by atoms with Crippen LogP contribution in [-0.4, -0.2) is 109 Å². The molecule has 0 aromatic carbocycles. The number of fused-ring (bicyclic) bond motifs is 5. The SMILES string of the molecule is CC(C)(C)[Si](C)(C)O[C@@H]1[C@H]2COP(=O)(O)O[C@H]3[C@@H](O[Si](C)(C)C(C)(C)C)[C@H](n4cnc5c(N)ncnc54)O[C@@H]3COP(=O)(O)O[C@H]1[C@H](n1cnc3c(=O)[nH]c(N)nc31)C2. The van der Waals surface area contributed by atoms with Crippen molar-refractivity contribution < 1.29 is 50.6 Å². The molecule has 3 fully saturated rings. The second-order valence-electron chi connectivity index (χ2n) is 18.3. The van der Waals surface area contributed by atoms with Gasteiger partial charge in [-0.1, -0.05) is 41.5 Å². The fourth-order valence-corrected chi connectivity index (χ4v) is 11.7. The fraction of sp³-hybridized carbons (Fsp3) is 0.697. The second kappa shape index (κ2) is 15.1. The molecule has 0 radical (unpaired) electrons. The van der Waals surface area contributed by atoms with Gasteiger partial charge in [0, 0.05) is 5.92 Å². The maximum atomic E-state index is 14.3. The highest BCUT2D eigenvalue weighted by molar-refractivity contribution is 7.47. The summed E-state index contributed by atoms with van der Waals surface area (Å²) in [5.41, 5.74) is 12.0. The number of nitrogens with zero attached hydrogens (tertiary/aromatic N) is 7. The molecular weight excluding hydrogens is 847 g/mol. The van der Waals surface area contributed by atoms with E-state index in [0.29, 0.717) is 0 Å². The Morgan fingerprint density at radius 3 is 2.03 bits per heavy atom. The number of nitrogen functional groups attached to an aromatic ring is 2. The molecule has 2 unspecified atom stereocenters. The molecule has 59 heavy (non-hydrogen) atoms. The number of anilines is 2. The maximum absolute atomic E-state index is 14.3.